The molecular weight excluding hydrogens is 276 g/mol. The molecule has 0 bridgehead atoms. The highest BCUT2D eigenvalue weighted by Gasteiger charge is 2.12. The molecule has 0 radical (unpaired) electrons. The van der Waals surface area contributed by atoms with E-state index in [0.717, 1.165) is 0 Å². The van der Waals surface area contributed by atoms with Crippen LogP contribution in [0.2, 0.25) is 5.02 Å². The summed E-state index contributed by atoms with van der Waals surface area (Å²) in [6, 6.07) is 4.03. The zero-order chi connectivity index (χ0) is 14.0. The highest BCUT2D eigenvalue weighted by Crippen LogP contribution is 2.22. The van der Waals surface area contributed by atoms with Gasteiger partial charge in [-0.15, -0.1) is 5.10 Å². The SMILES string of the molecule is O=C(O)c1cn(Cc2ccc([N+](=O)[O-])cc2Cl)nn1. The van der Waals surface area contributed by atoms with Gasteiger partial charge in [-0.25, -0.2) is 9.48 Å². The number of nitro groups is 1. The molecule has 0 fully saturated rings. The van der Waals surface area contributed by atoms with E-state index in [0.29, 0.717) is 5.56 Å². The number of hydrogen-bond donors (Lipinski definition) is 1. The van der Waals surface area contributed by atoms with Crippen molar-refractivity contribution < 1.29 is 14.8 Å². The number of benzene rings is 1. The zero-order valence-corrected chi connectivity index (χ0v) is 10.1. The first-order valence-corrected chi connectivity index (χ1v) is 5.41. The molecule has 19 heavy (non-hydrogen) atoms. The summed E-state index contributed by atoms with van der Waals surface area (Å²) in [5.74, 6) is -1.18. The van der Waals surface area contributed by atoms with Gasteiger partial charge in [-0.1, -0.05) is 16.8 Å². The molecule has 2 aromatic rings. The highest BCUT2D eigenvalue weighted by molar-refractivity contribution is 6.31. The van der Waals surface area contributed by atoms with Gasteiger partial charge in [0.25, 0.3) is 5.69 Å². The normalized spacial score (nSPS) is 10.4. The van der Waals surface area contributed by atoms with Gasteiger partial charge < -0.3 is 5.11 Å². The minimum atomic E-state index is -1.18. The summed E-state index contributed by atoms with van der Waals surface area (Å²) in [7, 11) is 0. The molecule has 0 spiro atoms. The van der Waals surface area contributed by atoms with E-state index in [9.17, 15) is 14.9 Å². The summed E-state index contributed by atoms with van der Waals surface area (Å²) in [6.45, 7) is 0.178. The molecule has 1 heterocycles. The summed E-state index contributed by atoms with van der Waals surface area (Å²) in [5, 5.41) is 26.5. The fourth-order valence-corrected chi connectivity index (χ4v) is 1.66. The maximum absolute atomic E-state index is 10.6. The Bertz CT molecular complexity index is 655. The fourth-order valence-electron chi connectivity index (χ4n) is 1.43. The van der Waals surface area contributed by atoms with E-state index < -0.39 is 10.9 Å². The average Bonchev–Trinajstić information content (AvgIpc) is 2.80. The van der Waals surface area contributed by atoms with Crippen molar-refractivity contribution in [2.24, 2.45) is 0 Å². The van der Waals surface area contributed by atoms with Crippen LogP contribution in [0.4, 0.5) is 5.69 Å². The average molecular weight is 283 g/mol. The van der Waals surface area contributed by atoms with Crippen LogP contribution in [0.3, 0.4) is 0 Å². The summed E-state index contributed by atoms with van der Waals surface area (Å²) >= 11 is 5.91. The number of non-ortho nitro benzene ring substituents is 1. The van der Waals surface area contributed by atoms with Crippen molar-refractivity contribution >= 4 is 23.3 Å². The van der Waals surface area contributed by atoms with Crippen LogP contribution in [-0.4, -0.2) is 31.0 Å². The minimum Gasteiger partial charge on any atom is -0.476 e. The van der Waals surface area contributed by atoms with E-state index >= 15 is 0 Å². The number of hydrogen-bond acceptors (Lipinski definition) is 5. The zero-order valence-electron chi connectivity index (χ0n) is 9.36. The van der Waals surface area contributed by atoms with E-state index in [2.05, 4.69) is 10.3 Å². The molecule has 9 heteroatoms. The third-order valence-electron chi connectivity index (χ3n) is 2.34. The van der Waals surface area contributed by atoms with E-state index in [1.165, 1.54) is 29.1 Å². The van der Waals surface area contributed by atoms with Crippen LogP contribution >= 0.6 is 11.6 Å². The maximum atomic E-state index is 10.6. The number of aromatic carboxylic acids is 1. The molecule has 0 atom stereocenters. The first kappa shape index (κ1) is 13.0. The van der Waals surface area contributed by atoms with Crippen LogP contribution in [-0.2, 0) is 6.54 Å². The van der Waals surface area contributed by atoms with Gasteiger partial charge in [0.2, 0.25) is 0 Å². The molecule has 98 valence electrons. The number of halogens is 1. The van der Waals surface area contributed by atoms with Gasteiger partial charge >= 0.3 is 5.97 Å². The Hall–Kier alpha value is -2.48. The first-order valence-electron chi connectivity index (χ1n) is 5.03. The predicted molar refractivity (Wildman–Crippen MR) is 64.2 cm³/mol. The lowest BCUT2D eigenvalue weighted by molar-refractivity contribution is -0.384. The van der Waals surface area contributed by atoms with E-state index in [1.54, 1.807) is 0 Å². The third-order valence-corrected chi connectivity index (χ3v) is 2.69. The monoisotopic (exact) mass is 282 g/mol. The van der Waals surface area contributed by atoms with Crippen molar-refractivity contribution in [1.82, 2.24) is 15.0 Å². The summed E-state index contributed by atoms with van der Waals surface area (Å²) < 4.78 is 1.29. The van der Waals surface area contributed by atoms with Gasteiger partial charge in [0.1, 0.15) is 0 Å². The Morgan fingerprint density at radius 1 is 1.53 bits per heavy atom. The number of rotatable bonds is 4. The van der Waals surface area contributed by atoms with Crippen LogP contribution in [0.5, 0.6) is 0 Å². The lowest BCUT2D eigenvalue weighted by Gasteiger charge is -2.03. The fraction of sp³-hybridized carbons (Fsp3) is 0.100. The second kappa shape index (κ2) is 5.02. The predicted octanol–water partition coefficient (Wildman–Crippen LogP) is 1.59. The quantitative estimate of drug-likeness (QED) is 0.673. The van der Waals surface area contributed by atoms with Crippen LogP contribution in [0, 0.1) is 10.1 Å². The van der Waals surface area contributed by atoms with Crippen LogP contribution < -0.4 is 0 Å². The van der Waals surface area contributed by atoms with Crippen molar-refractivity contribution in [1.29, 1.82) is 0 Å². The van der Waals surface area contributed by atoms with Gasteiger partial charge in [0.15, 0.2) is 5.69 Å². The second-order valence-corrected chi connectivity index (χ2v) is 4.05. The molecule has 1 N–H and O–H groups in total. The van der Waals surface area contributed by atoms with Crippen molar-refractivity contribution in [3.8, 4) is 0 Å². The first-order chi connectivity index (χ1) is 8.97. The molecule has 0 aliphatic heterocycles. The number of nitro benzene ring substituents is 1. The van der Waals surface area contributed by atoms with Gasteiger partial charge in [-0.2, -0.15) is 0 Å². The minimum absolute atomic E-state index is 0.112. The second-order valence-electron chi connectivity index (χ2n) is 3.64. The summed E-state index contributed by atoms with van der Waals surface area (Å²) in [6.07, 6.45) is 1.25. The molecule has 1 aromatic carbocycles. The summed E-state index contributed by atoms with van der Waals surface area (Å²) in [5.41, 5.74) is 0.283. The van der Waals surface area contributed by atoms with Gasteiger partial charge in [0, 0.05) is 12.1 Å². The highest BCUT2D eigenvalue weighted by atomic mass is 35.5. The molecule has 0 saturated heterocycles. The number of nitrogens with zero attached hydrogens (tertiary/aromatic N) is 4. The molecule has 0 unspecified atom stereocenters. The molecule has 0 aliphatic rings. The lowest BCUT2D eigenvalue weighted by Crippen LogP contribution is -2.01. The van der Waals surface area contributed by atoms with Crippen LogP contribution in [0.15, 0.2) is 24.4 Å². The molecule has 1 aromatic heterocycles. The smallest absolute Gasteiger partial charge is 0.358 e. The van der Waals surface area contributed by atoms with Crippen LogP contribution in [0.1, 0.15) is 16.1 Å². The van der Waals surface area contributed by atoms with Crippen molar-refractivity contribution in [2.45, 2.75) is 6.54 Å². The van der Waals surface area contributed by atoms with E-state index in [-0.39, 0.29) is 22.9 Å². The maximum Gasteiger partial charge on any atom is 0.358 e. The van der Waals surface area contributed by atoms with Crippen molar-refractivity contribution in [3.63, 3.8) is 0 Å². The number of aromatic nitrogens is 3. The van der Waals surface area contributed by atoms with E-state index in [1.807, 2.05) is 0 Å². The van der Waals surface area contributed by atoms with E-state index in [4.69, 9.17) is 16.7 Å². The largest absolute Gasteiger partial charge is 0.476 e. The lowest BCUT2D eigenvalue weighted by atomic mass is 10.2. The topological polar surface area (TPSA) is 111 Å². The van der Waals surface area contributed by atoms with Crippen molar-refractivity contribution in [3.05, 3.63) is 50.8 Å². The number of carboxylic acids is 1. The Balaban J connectivity index is 2.23. The van der Waals surface area contributed by atoms with Gasteiger partial charge in [0.05, 0.1) is 22.7 Å². The Kier molecular flexibility index (Phi) is 3.43. The van der Waals surface area contributed by atoms with Gasteiger partial charge in [-0.3, -0.25) is 10.1 Å². The third kappa shape index (κ3) is 2.86. The van der Waals surface area contributed by atoms with Crippen molar-refractivity contribution in [2.75, 3.05) is 0 Å². The molecule has 2 rings (SSSR count). The molecule has 0 saturated carbocycles. The Morgan fingerprint density at radius 2 is 2.26 bits per heavy atom. The Morgan fingerprint density at radius 3 is 2.79 bits per heavy atom. The Labute approximate surface area is 111 Å². The molecule has 0 aliphatic carbocycles. The standard InChI is InChI=1S/C10H7ClN4O4/c11-8-3-7(15(18)19)2-1-6(8)4-14-5-9(10(16)17)12-13-14/h1-3,5H,4H2,(H,16,17). The van der Waals surface area contributed by atoms with Gasteiger partial charge in [-0.05, 0) is 11.6 Å². The molecular formula is C10H7ClN4O4. The van der Waals surface area contributed by atoms with Crippen LogP contribution in [0.25, 0.3) is 0 Å². The summed E-state index contributed by atoms with van der Waals surface area (Å²) in [4.78, 5) is 20.6. The number of carboxylic acid groups (broad SMARTS) is 1. The molecule has 0 amide bonds. The number of carbonyl (C=O) groups is 1. The molecule has 8 nitrogen and oxygen atoms in total.